The van der Waals surface area contributed by atoms with E-state index in [1.807, 2.05) is 18.2 Å². The lowest BCUT2D eigenvalue weighted by atomic mass is 9.97. The number of fused-ring (bicyclic) bond motifs is 6. The lowest BCUT2D eigenvalue weighted by molar-refractivity contribution is 0.954. The first kappa shape index (κ1) is 39.2. The van der Waals surface area contributed by atoms with Gasteiger partial charge in [-0.2, -0.15) is 9.97 Å². The number of aromatic nitrogens is 5. The van der Waals surface area contributed by atoms with Crippen LogP contribution < -0.4 is 0 Å². The maximum absolute atomic E-state index is 5.38. The minimum Gasteiger partial charge on any atom is -0.309 e. The predicted molar refractivity (Wildman–Crippen MR) is 281 cm³/mol. The summed E-state index contributed by atoms with van der Waals surface area (Å²) >= 11 is 0. The van der Waals surface area contributed by atoms with E-state index in [9.17, 15) is 0 Å². The Morgan fingerprint density at radius 3 is 1.24 bits per heavy atom. The Kier molecular flexibility index (Phi) is 9.43. The largest absolute Gasteiger partial charge is 0.309 e. The summed E-state index contributed by atoms with van der Waals surface area (Å²) in [5.41, 5.74) is 16.5. The molecule has 0 unspecified atom stereocenters. The molecule has 0 saturated heterocycles. The van der Waals surface area contributed by atoms with Gasteiger partial charge in [0.2, 0.25) is 5.95 Å². The molecule has 3 heterocycles. The van der Waals surface area contributed by atoms with Crippen LogP contribution in [0, 0.1) is 0 Å². The molecule has 68 heavy (non-hydrogen) atoms. The maximum Gasteiger partial charge on any atom is 0.238 e. The Bertz CT molecular complexity index is 4010. The van der Waals surface area contributed by atoms with Crippen LogP contribution in [0.2, 0.25) is 0 Å². The summed E-state index contributed by atoms with van der Waals surface area (Å²) in [6.07, 6.45) is 0. The molecule has 13 rings (SSSR count). The zero-order valence-corrected chi connectivity index (χ0v) is 36.9. The first-order valence-electron chi connectivity index (χ1n) is 23.0. The number of hydrogen-bond donors (Lipinski definition) is 0. The van der Waals surface area contributed by atoms with Crippen LogP contribution in [0.3, 0.4) is 0 Å². The summed E-state index contributed by atoms with van der Waals surface area (Å²) < 4.78 is 4.68. The minimum atomic E-state index is 0.558. The molecule has 0 aliphatic heterocycles. The molecule has 13 aromatic rings. The van der Waals surface area contributed by atoms with Gasteiger partial charge in [0, 0.05) is 38.2 Å². The second kappa shape index (κ2) is 16.4. The molecule has 0 radical (unpaired) electrons. The highest BCUT2D eigenvalue weighted by Crippen LogP contribution is 2.42. The average Bonchev–Trinajstić information content (AvgIpc) is 3.92. The van der Waals surface area contributed by atoms with Gasteiger partial charge in [0.15, 0.2) is 11.6 Å². The van der Waals surface area contributed by atoms with Gasteiger partial charge in [0.05, 0.1) is 27.8 Å². The van der Waals surface area contributed by atoms with E-state index in [0.717, 1.165) is 77.3 Å². The minimum absolute atomic E-state index is 0.558. The number of para-hydroxylation sites is 2. The summed E-state index contributed by atoms with van der Waals surface area (Å²) in [5.74, 6) is 1.77. The summed E-state index contributed by atoms with van der Waals surface area (Å²) in [7, 11) is 0. The van der Waals surface area contributed by atoms with E-state index in [-0.39, 0.29) is 0 Å². The molecule has 0 saturated carbocycles. The fourth-order valence-corrected chi connectivity index (χ4v) is 9.95. The van der Waals surface area contributed by atoms with Gasteiger partial charge < -0.3 is 4.57 Å². The van der Waals surface area contributed by atoms with E-state index in [4.69, 9.17) is 15.0 Å². The van der Waals surface area contributed by atoms with Crippen molar-refractivity contribution >= 4 is 43.6 Å². The van der Waals surface area contributed by atoms with Crippen LogP contribution in [0.1, 0.15) is 0 Å². The molecule has 0 aliphatic carbocycles. The molecule has 0 N–H and O–H groups in total. The van der Waals surface area contributed by atoms with Crippen molar-refractivity contribution in [3.05, 3.63) is 249 Å². The maximum atomic E-state index is 5.38. The quantitative estimate of drug-likeness (QED) is 0.153. The Morgan fingerprint density at radius 1 is 0.235 bits per heavy atom. The molecule has 0 bridgehead atoms. The van der Waals surface area contributed by atoms with Crippen molar-refractivity contribution in [1.82, 2.24) is 24.1 Å². The van der Waals surface area contributed by atoms with Crippen molar-refractivity contribution in [2.45, 2.75) is 0 Å². The zero-order valence-electron chi connectivity index (χ0n) is 36.9. The zero-order chi connectivity index (χ0) is 45.0. The molecule has 0 spiro atoms. The van der Waals surface area contributed by atoms with Gasteiger partial charge in [0.1, 0.15) is 0 Å². The standard InChI is InChI=1S/C63H41N5/c1-5-19-42(20-6-1)46-27-17-28-47(37-46)48-29-18-30-50(38-48)62-64-61(45-25-11-4-12-26-45)65-63(66-62)68-57-34-16-14-32-52(57)55-40-59-54(41-60(55)68)51-31-13-15-33-56(51)67(59)58-36-35-49(43-21-7-2-8-22-43)39-53(58)44-23-9-3-10-24-44/h1-41H. The van der Waals surface area contributed by atoms with Gasteiger partial charge in [-0.1, -0.05) is 200 Å². The third-order valence-electron chi connectivity index (χ3n) is 13.2. The molecule has 0 aliphatic rings. The monoisotopic (exact) mass is 867 g/mol. The normalized spacial score (nSPS) is 11.5. The fraction of sp³-hybridized carbons (Fsp3) is 0. The van der Waals surface area contributed by atoms with Gasteiger partial charge >= 0.3 is 0 Å². The first-order valence-corrected chi connectivity index (χ1v) is 23.0. The van der Waals surface area contributed by atoms with Crippen LogP contribution in [0.5, 0.6) is 0 Å². The molecular formula is C63H41N5. The molecule has 10 aromatic carbocycles. The summed E-state index contributed by atoms with van der Waals surface area (Å²) in [4.78, 5) is 15.9. The second-order valence-corrected chi connectivity index (χ2v) is 17.2. The topological polar surface area (TPSA) is 48.5 Å². The third-order valence-corrected chi connectivity index (χ3v) is 13.2. The third kappa shape index (κ3) is 6.76. The molecule has 5 nitrogen and oxygen atoms in total. The summed E-state index contributed by atoms with van der Waals surface area (Å²) in [5, 5.41) is 4.54. The highest BCUT2D eigenvalue weighted by Gasteiger charge is 2.22. The Hall–Kier alpha value is -9.19. The molecule has 318 valence electrons. The lowest BCUT2D eigenvalue weighted by Gasteiger charge is -2.16. The van der Waals surface area contributed by atoms with Crippen molar-refractivity contribution in [1.29, 1.82) is 0 Å². The molecule has 0 atom stereocenters. The first-order chi connectivity index (χ1) is 33.7. The summed E-state index contributed by atoms with van der Waals surface area (Å²) in [6.45, 7) is 0. The molecular weight excluding hydrogens is 827 g/mol. The Balaban J connectivity index is 1.03. The van der Waals surface area contributed by atoms with Crippen molar-refractivity contribution in [2.24, 2.45) is 0 Å². The van der Waals surface area contributed by atoms with Crippen molar-refractivity contribution < 1.29 is 0 Å². The Morgan fingerprint density at radius 2 is 0.647 bits per heavy atom. The van der Waals surface area contributed by atoms with E-state index >= 15 is 0 Å². The van der Waals surface area contributed by atoms with E-state index in [2.05, 4.69) is 240 Å². The highest BCUT2D eigenvalue weighted by atomic mass is 15.2. The van der Waals surface area contributed by atoms with Crippen LogP contribution in [0.4, 0.5) is 0 Å². The molecule has 3 aromatic heterocycles. The van der Waals surface area contributed by atoms with Gasteiger partial charge in [-0.25, -0.2) is 4.98 Å². The van der Waals surface area contributed by atoms with E-state index in [1.165, 1.54) is 27.6 Å². The van der Waals surface area contributed by atoms with E-state index in [0.29, 0.717) is 17.6 Å². The van der Waals surface area contributed by atoms with Crippen molar-refractivity contribution in [3.8, 4) is 78.9 Å². The van der Waals surface area contributed by atoms with Crippen LogP contribution >= 0.6 is 0 Å². The Labute approximate surface area is 393 Å². The second-order valence-electron chi connectivity index (χ2n) is 17.2. The predicted octanol–water partition coefficient (Wildman–Crippen LogP) is 16.1. The number of benzene rings is 10. The summed E-state index contributed by atoms with van der Waals surface area (Å²) in [6, 6.07) is 88.3. The van der Waals surface area contributed by atoms with Crippen molar-refractivity contribution in [3.63, 3.8) is 0 Å². The van der Waals surface area contributed by atoms with Gasteiger partial charge in [-0.3, -0.25) is 4.57 Å². The lowest BCUT2D eigenvalue weighted by Crippen LogP contribution is -2.06. The molecule has 0 amide bonds. The van der Waals surface area contributed by atoms with Crippen LogP contribution in [-0.2, 0) is 0 Å². The smallest absolute Gasteiger partial charge is 0.238 e. The van der Waals surface area contributed by atoms with Crippen LogP contribution in [-0.4, -0.2) is 24.1 Å². The molecule has 0 fully saturated rings. The van der Waals surface area contributed by atoms with Gasteiger partial charge in [0.25, 0.3) is 0 Å². The van der Waals surface area contributed by atoms with Crippen LogP contribution in [0.15, 0.2) is 249 Å². The number of nitrogens with zero attached hydrogens (tertiary/aromatic N) is 5. The average molecular weight is 868 g/mol. The van der Waals surface area contributed by atoms with E-state index in [1.54, 1.807) is 0 Å². The number of hydrogen-bond acceptors (Lipinski definition) is 3. The van der Waals surface area contributed by atoms with Gasteiger partial charge in [-0.15, -0.1) is 0 Å². The SMILES string of the molecule is c1ccc(-c2cccc(-c3cccc(-c4nc(-c5ccccc5)nc(-n5c6ccccc6c6cc7c(cc65)c5ccccc5n7-c5ccc(-c6ccccc6)cc5-c5ccccc5)n4)c3)c2)cc1. The fourth-order valence-electron chi connectivity index (χ4n) is 9.95. The van der Waals surface area contributed by atoms with Gasteiger partial charge in [-0.05, 0) is 87.5 Å². The van der Waals surface area contributed by atoms with E-state index < -0.39 is 0 Å². The number of rotatable bonds is 8. The molecule has 5 heteroatoms. The highest BCUT2D eigenvalue weighted by molar-refractivity contribution is 6.19. The van der Waals surface area contributed by atoms with Crippen molar-refractivity contribution in [2.75, 3.05) is 0 Å². The van der Waals surface area contributed by atoms with Crippen LogP contribution in [0.25, 0.3) is 123 Å².